The van der Waals surface area contributed by atoms with Crippen LogP contribution in [0.2, 0.25) is 0 Å². The van der Waals surface area contributed by atoms with E-state index < -0.39 is 5.79 Å². The Morgan fingerprint density at radius 2 is 1.97 bits per heavy atom. The zero-order valence-corrected chi connectivity index (χ0v) is 19.9. The van der Waals surface area contributed by atoms with Gasteiger partial charge in [0, 0.05) is 11.8 Å². The summed E-state index contributed by atoms with van der Waals surface area (Å²) in [6.45, 7) is 6.10. The third-order valence-electron chi connectivity index (χ3n) is 5.90. The first-order valence-corrected chi connectivity index (χ1v) is 11.9. The van der Waals surface area contributed by atoms with Gasteiger partial charge in [-0.2, -0.15) is 0 Å². The lowest BCUT2D eigenvalue weighted by atomic mass is 10.0. The van der Waals surface area contributed by atoms with Gasteiger partial charge in [-0.05, 0) is 63.3 Å². The van der Waals surface area contributed by atoms with Crippen LogP contribution in [0.15, 0.2) is 36.4 Å². The van der Waals surface area contributed by atoms with E-state index in [0.29, 0.717) is 12.8 Å². The van der Waals surface area contributed by atoms with Gasteiger partial charge in [-0.3, -0.25) is 4.79 Å². The lowest BCUT2D eigenvalue weighted by molar-refractivity contribution is -0.144. The van der Waals surface area contributed by atoms with Crippen LogP contribution < -0.4 is 0 Å². The molecule has 0 spiro atoms. The number of benzene rings is 1. The van der Waals surface area contributed by atoms with E-state index in [0.717, 1.165) is 24.1 Å². The summed E-state index contributed by atoms with van der Waals surface area (Å²) in [6.07, 6.45) is 11.6. The standard InChI is InChI=1S/C27H37NO4/c1-5-6-7-8-12-21-19-20-13-9-10-14-22(20)28-23(21)17-18-25-24(31-27(2,3)32-25)15-11-16-26(29)30-4/h9-10,13-14,17-19,24-25H,5-8,11-12,15-16H2,1-4H3/b18-17+/t24-,25+/m0/s1. The van der Waals surface area contributed by atoms with E-state index in [1.54, 1.807) is 0 Å². The molecule has 1 aliphatic heterocycles. The number of carbonyl (C=O) groups excluding carboxylic acids is 1. The van der Waals surface area contributed by atoms with Crippen molar-refractivity contribution in [1.82, 2.24) is 4.98 Å². The lowest BCUT2D eigenvalue weighted by Crippen LogP contribution is -2.21. The largest absolute Gasteiger partial charge is 0.469 e. The minimum Gasteiger partial charge on any atom is -0.469 e. The molecule has 0 N–H and O–H groups in total. The van der Waals surface area contributed by atoms with E-state index in [2.05, 4.69) is 43.3 Å². The Balaban J connectivity index is 1.77. The van der Waals surface area contributed by atoms with Crippen LogP contribution in [-0.2, 0) is 25.4 Å². The first kappa shape index (κ1) is 24.4. The van der Waals surface area contributed by atoms with Crippen molar-refractivity contribution in [2.24, 2.45) is 0 Å². The highest BCUT2D eigenvalue weighted by Crippen LogP contribution is 2.32. The van der Waals surface area contributed by atoms with Crippen molar-refractivity contribution in [3.63, 3.8) is 0 Å². The topological polar surface area (TPSA) is 57.7 Å². The number of esters is 1. The highest BCUT2D eigenvalue weighted by molar-refractivity contribution is 5.81. The fourth-order valence-corrected chi connectivity index (χ4v) is 4.25. The average molecular weight is 440 g/mol. The Bertz CT molecular complexity index is 921. The van der Waals surface area contributed by atoms with E-state index in [9.17, 15) is 4.79 Å². The molecule has 2 atom stereocenters. The molecule has 0 aliphatic carbocycles. The van der Waals surface area contributed by atoms with Gasteiger partial charge in [0.2, 0.25) is 0 Å². The van der Waals surface area contributed by atoms with Crippen molar-refractivity contribution >= 4 is 22.9 Å². The van der Waals surface area contributed by atoms with Gasteiger partial charge in [0.05, 0.1) is 24.4 Å². The van der Waals surface area contributed by atoms with E-state index in [-0.39, 0.29) is 18.2 Å². The molecule has 5 heteroatoms. The predicted molar refractivity (Wildman–Crippen MR) is 128 cm³/mol. The molecule has 2 aromatic rings. The quantitative estimate of drug-likeness (QED) is 0.307. The van der Waals surface area contributed by atoms with E-state index in [4.69, 9.17) is 19.2 Å². The van der Waals surface area contributed by atoms with Crippen molar-refractivity contribution < 1.29 is 19.0 Å². The van der Waals surface area contributed by atoms with Crippen molar-refractivity contribution in [3.05, 3.63) is 47.7 Å². The summed E-state index contributed by atoms with van der Waals surface area (Å²) < 4.78 is 17.0. The first-order valence-electron chi connectivity index (χ1n) is 11.9. The van der Waals surface area contributed by atoms with Crippen LogP contribution in [0.4, 0.5) is 0 Å². The zero-order chi connectivity index (χ0) is 23.0. The second-order valence-corrected chi connectivity index (χ2v) is 9.00. The van der Waals surface area contributed by atoms with Crippen LogP contribution in [0.25, 0.3) is 17.0 Å². The SMILES string of the molecule is CCCCCCc1cc2ccccc2nc1/C=C/[C@H]1OC(C)(C)O[C@H]1CCCC(=O)OC. The zero-order valence-electron chi connectivity index (χ0n) is 19.9. The first-order chi connectivity index (χ1) is 15.4. The number of aryl methyl sites for hydroxylation is 1. The maximum atomic E-state index is 11.5. The van der Waals surface area contributed by atoms with Crippen LogP contribution in [-0.4, -0.2) is 36.1 Å². The number of hydrogen-bond donors (Lipinski definition) is 0. The smallest absolute Gasteiger partial charge is 0.305 e. The van der Waals surface area contributed by atoms with Crippen LogP contribution in [0.3, 0.4) is 0 Å². The molecular weight excluding hydrogens is 402 g/mol. The summed E-state index contributed by atoms with van der Waals surface area (Å²) in [5.74, 6) is -0.839. The molecule has 32 heavy (non-hydrogen) atoms. The van der Waals surface area contributed by atoms with Gasteiger partial charge in [-0.15, -0.1) is 0 Å². The minimum atomic E-state index is -0.648. The number of aromatic nitrogens is 1. The molecule has 0 amide bonds. The van der Waals surface area contributed by atoms with Gasteiger partial charge in [0.15, 0.2) is 5.79 Å². The van der Waals surface area contributed by atoms with E-state index >= 15 is 0 Å². The molecule has 0 radical (unpaired) electrons. The average Bonchev–Trinajstić information content (AvgIpc) is 3.08. The molecule has 1 saturated heterocycles. The Kier molecular flexibility index (Phi) is 8.83. The monoisotopic (exact) mass is 439 g/mol. The number of carbonyl (C=O) groups is 1. The van der Waals surface area contributed by atoms with E-state index in [1.165, 1.54) is 43.7 Å². The minimum absolute atomic E-state index is 0.0978. The van der Waals surface area contributed by atoms with Crippen LogP contribution in [0.1, 0.15) is 77.0 Å². The Hall–Kier alpha value is -2.24. The molecule has 0 unspecified atom stereocenters. The van der Waals surface area contributed by atoms with Gasteiger partial charge in [-0.25, -0.2) is 4.98 Å². The summed E-state index contributed by atoms with van der Waals surface area (Å²) in [7, 11) is 1.42. The summed E-state index contributed by atoms with van der Waals surface area (Å²) in [6, 6.07) is 10.5. The number of fused-ring (bicyclic) bond motifs is 1. The third-order valence-corrected chi connectivity index (χ3v) is 5.90. The highest BCUT2D eigenvalue weighted by Gasteiger charge is 2.39. The summed E-state index contributed by atoms with van der Waals surface area (Å²) in [5.41, 5.74) is 3.28. The Morgan fingerprint density at radius 1 is 1.16 bits per heavy atom. The second kappa shape index (κ2) is 11.6. The molecule has 1 aromatic carbocycles. The molecule has 0 bridgehead atoms. The van der Waals surface area contributed by atoms with Gasteiger partial charge in [0.25, 0.3) is 0 Å². The van der Waals surface area contributed by atoms with Crippen LogP contribution in [0, 0.1) is 0 Å². The summed E-state index contributed by atoms with van der Waals surface area (Å²) in [4.78, 5) is 16.4. The van der Waals surface area contributed by atoms with E-state index in [1.807, 2.05) is 19.9 Å². The van der Waals surface area contributed by atoms with Crippen molar-refractivity contribution in [1.29, 1.82) is 0 Å². The van der Waals surface area contributed by atoms with Gasteiger partial charge in [-0.1, -0.05) is 50.5 Å². The molecule has 3 rings (SSSR count). The maximum Gasteiger partial charge on any atom is 0.305 e. The summed E-state index contributed by atoms with van der Waals surface area (Å²) >= 11 is 0. The fraction of sp³-hybridized carbons (Fsp3) is 0.556. The highest BCUT2D eigenvalue weighted by atomic mass is 16.7. The van der Waals surface area contributed by atoms with Gasteiger partial charge in [0.1, 0.15) is 6.10 Å². The number of rotatable bonds is 11. The molecule has 1 aliphatic rings. The Labute approximate surface area is 192 Å². The number of hydrogen-bond acceptors (Lipinski definition) is 5. The third kappa shape index (κ3) is 6.88. The van der Waals surface area contributed by atoms with Crippen molar-refractivity contribution in [3.8, 4) is 0 Å². The molecule has 1 fully saturated rings. The number of para-hydroxylation sites is 1. The number of ether oxygens (including phenoxy) is 3. The lowest BCUT2D eigenvalue weighted by Gasteiger charge is -2.16. The fourth-order valence-electron chi connectivity index (χ4n) is 4.25. The van der Waals surface area contributed by atoms with Crippen LogP contribution in [0.5, 0.6) is 0 Å². The molecular formula is C27H37NO4. The number of unbranched alkanes of at least 4 members (excludes halogenated alkanes) is 3. The summed E-state index contributed by atoms with van der Waals surface area (Å²) in [5, 5.41) is 1.18. The van der Waals surface area contributed by atoms with Crippen molar-refractivity contribution in [2.45, 2.75) is 90.1 Å². The maximum absolute atomic E-state index is 11.5. The molecule has 5 nitrogen and oxygen atoms in total. The predicted octanol–water partition coefficient (Wildman–Crippen LogP) is 6.23. The number of nitrogens with zero attached hydrogens (tertiary/aromatic N) is 1. The van der Waals surface area contributed by atoms with Gasteiger partial charge >= 0.3 is 5.97 Å². The Morgan fingerprint density at radius 3 is 2.75 bits per heavy atom. The molecule has 2 heterocycles. The van der Waals surface area contributed by atoms with Crippen molar-refractivity contribution in [2.75, 3.05) is 7.11 Å². The second-order valence-electron chi connectivity index (χ2n) is 9.00. The number of pyridine rings is 1. The normalized spacial score (nSPS) is 20.2. The number of methoxy groups -OCH3 is 1. The van der Waals surface area contributed by atoms with Gasteiger partial charge < -0.3 is 14.2 Å². The molecule has 174 valence electrons. The molecule has 0 saturated carbocycles. The van der Waals surface area contributed by atoms with Crippen LogP contribution >= 0.6 is 0 Å². The molecule has 1 aromatic heterocycles.